The van der Waals surface area contributed by atoms with Gasteiger partial charge in [0.1, 0.15) is 6.54 Å². The Kier molecular flexibility index (Phi) is 5.16. The van der Waals surface area contributed by atoms with Crippen molar-refractivity contribution >= 4 is 17.7 Å². The predicted molar refractivity (Wildman–Crippen MR) is 80.2 cm³/mol. The van der Waals surface area contributed by atoms with E-state index in [1.165, 1.54) is 4.90 Å². The standard InChI is InChI=1S/C15H21N3O3/c1-16-8-12-4-2-3-5-13(12)17-15(21)18(10-14(19)20)9-11-6-7-11/h2-5,11,16H,6-10H2,1H3,(H,17,21)(H,19,20). The third kappa shape index (κ3) is 4.75. The van der Waals surface area contributed by atoms with E-state index in [-0.39, 0.29) is 12.6 Å². The van der Waals surface area contributed by atoms with Crippen molar-refractivity contribution in [2.45, 2.75) is 19.4 Å². The van der Waals surface area contributed by atoms with Crippen LogP contribution in [0.1, 0.15) is 18.4 Å². The summed E-state index contributed by atoms with van der Waals surface area (Å²) in [5.41, 5.74) is 1.68. The Morgan fingerprint density at radius 1 is 1.33 bits per heavy atom. The number of rotatable bonds is 7. The highest BCUT2D eigenvalue weighted by Gasteiger charge is 2.28. The zero-order valence-electron chi connectivity index (χ0n) is 12.1. The van der Waals surface area contributed by atoms with Gasteiger partial charge in [0.05, 0.1) is 0 Å². The van der Waals surface area contributed by atoms with Gasteiger partial charge in [-0.3, -0.25) is 4.79 Å². The fourth-order valence-electron chi connectivity index (χ4n) is 2.18. The van der Waals surface area contributed by atoms with Gasteiger partial charge in [0.25, 0.3) is 0 Å². The molecular weight excluding hydrogens is 270 g/mol. The van der Waals surface area contributed by atoms with Crippen LogP contribution in [0, 0.1) is 5.92 Å². The molecule has 0 unspecified atom stereocenters. The highest BCUT2D eigenvalue weighted by Crippen LogP contribution is 2.30. The van der Waals surface area contributed by atoms with E-state index in [0.29, 0.717) is 24.7 Å². The maximum Gasteiger partial charge on any atom is 0.323 e. The zero-order valence-corrected chi connectivity index (χ0v) is 12.1. The second kappa shape index (κ2) is 7.08. The zero-order chi connectivity index (χ0) is 15.2. The largest absolute Gasteiger partial charge is 0.480 e. The number of para-hydroxylation sites is 1. The van der Waals surface area contributed by atoms with Crippen molar-refractivity contribution in [1.29, 1.82) is 0 Å². The van der Waals surface area contributed by atoms with E-state index >= 15 is 0 Å². The van der Waals surface area contributed by atoms with E-state index in [2.05, 4.69) is 10.6 Å². The summed E-state index contributed by atoms with van der Waals surface area (Å²) >= 11 is 0. The van der Waals surface area contributed by atoms with E-state index in [9.17, 15) is 9.59 Å². The number of benzene rings is 1. The molecule has 0 radical (unpaired) electrons. The maximum absolute atomic E-state index is 12.3. The van der Waals surface area contributed by atoms with Gasteiger partial charge in [0.15, 0.2) is 0 Å². The van der Waals surface area contributed by atoms with E-state index in [1.54, 1.807) is 0 Å². The summed E-state index contributed by atoms with van der Waals surface area (Å²) < 4.78 is 0. The molecule has 1 aliphatic carbocycles. The first kappa shape index (κ1) is 15.3. The van der Waals surface area contributed by atoms with Crippen LogP contribution in [-0.4, -0.2) is 42.1 Å². The van der Waals surface area contributed by atoms with Crippen molar-refractivity contribution in [2.24, 2.45) is 5.92 Å². The van der Waals surface area contributed by atoms with Crippen LogP contribution in [0.25, 0.3) is 0 Å². The third-order valence-corrected chi connectivity index (χ3v) is 3.42. The fraction of sp³-hybridized carbons (Fsp3) is 0.467. The molecule has 114 valence electrons. The van der Waals surface area contributed by atoms with Crippen LogP contribution < -0.4 is 10.6 Å². The van der Waals surface area contributed by atoms with Crippen LogP contribution in [0.2, 0.25) is 0 Å². The molecule has 3 N–H and O–H groups in total. The minimum Gasteiger partial charge on any atom is -0.480 e. The van der Waals surface area contributed by atoms with Crippen molar-refractivity contribution in [2.75, 3.05) is 25.5 Å². The van der Waals surface area contributed by atoms with Gasteiger partial charge in [0, 0.05) is 18.8 Å². The SMILES string of the molecule is CNCc1ccccc1NC(=O)N(CC(=O)O)CC1CC1. The van der Waals surface area contributed by atoms with Crippen molar-refractivity contribution in [3.63, 3.8) is 0 Å². The van der Waals surface area contributed by atoms with Crippen LogP contribution >= 0.6 is 0 Å². The summed E-state index contributed by atoms with van der Waals surface area (Å²) in [4.78, 5) is 24.6. The van der Waals surface area contributed by atoms with E-state index < -0.39 is 5.97 Å². The number of anilines is 1. The molecule has 0 saturated heterocycles. The van der Waals surface area contributed by atoms with E-state index in [4.69, 9.17) is 5.11 Å². The van der Waals surface area contributed by atoms with Gasteiger partial charge in [-0.15, -0.1) is 0 Å². The molecule has 2 rings (SSSR count). The Balaban J connectivity index is 2.04. The molecule has 21 heavy (non-hydrogen) atoms. The maximum atomic E-state index is 12.3. The molecule has 0 aliphatic heterocycles. The lowest BCUT2D eigenvalue weighted by Gasteiger charge is -2.22. The van der Waals surface area contributed by atoms with Gasteiger partial charge in [-0.05, 0) is 37.4 Å². The molecule has 0 spiro atoms. The first-order chi connectivity index (χ1) is 10.1. The summed E-state index contributed by atoms with van der Waals surface area (Å²) in [6, 6.07) is 7.14. The number of hydrogen-bond acceptors (Lipinski definition) is 3. The normalized spacial score (nSPS) is 13.8. The highest BCUT2D eigenvalue weighted by atomic mass is 16.4. The van der Waals surface area contributed by atoms with Crippen LogP contribution in [0.5, 0.6) is 0 Å². The summed E-state index contributed by atoms with van der Waals surface area (Å²) in [7, 11) is 1.84. The molecule has 0 aromatic heterocycles. The number of carboxylic acids is 1. The molecule has 6 heteroatoms. The van der Waals surface area contributed by atoms with Crippen molar-refractivity contribution in [3.8, 4) is 0 Å². The number of amides is 2. The van der Waals surface area contributed by atoms with Gasteiger partial charge in [-0.1, -0.05) is 18.2 Å². The first-order valence-electron chi connectivity index (χ1n) is 7.10. The molecule has 0 heterocycles. The van der Waals surface area contributed by atoms with Crippen molar-refractivity contribution in [3.05, 3.63) is 29.8 Å². The Morgan fingerprint density at radius 2 is 2.05 bits per heavy atom. The minimum atomic E-state index is -0.991. The second-order valence-corrected chi connectivity index (χ2v) is 5.34. The molecule has 1 aromatic carbocycles. The molecule has 6 nitrogen and oxygen atoms in total. The summed E-state index contributed by atoms with van der Waals surface area (Å²) in [5.74, 6) is -0.544. The Bertz CT molecular complexity index is 515. The number of aliphatic carboxylic acids is 1. The first-order valence-corrected chi connectivity index (χ1v) is 7.10. The molecule has 1 saturated carbocycles. The lowest BCUT2D eigenvalue weighted by atomic mass is 10.2. The number of nitrogens with one attached hydrogen (secondary N) is 2. The summed E-state index contributed by atoms with van der Waals surface area (Å²) in [5, 5.41) is 14.8. The highest BCUT2D eigenvalue weighted by molar-refractivity contribution is 5.92. The molecule has 1 fully saturated rings. The Morgan fingerprint density at radius 3 is 2.67 bits per heavy atom. The number of carbonyl (C=O) groups is 2. The van der Waals surface area contributed by atoms with Crippen LogP contribution in [0.4, 0.5) is 10.5 Å². The molecule has 0 atom stereocenters. The molecule has 2 amide bonds. The van der Waals surface area contributed by atoms with Crippen molar-refractivity contribution in [1.82, 2.24) is 10.2 Å². The van der Waals surface area contributed by atoms with Gasteiger partial charge in [-0.25, -0.2) is 4.79 Å². The predicted octanol–water partition coefficient (Wildman–Crippen LogP) is 1.73. The number of nitrogens with zero attached hydrogens (tertiary/aromatic N) is 1. The third-order valence-electron chi connectivity index (χ3n) is 3.42. The average Bonchev–Trinajstić information content (AvgIpc) is 3.24. The van der Waals surface area contributed by atoms with Crippen molar-refractivity contribution < 1.29 is 14.7 Å². The second-order valence-electron chi connectivity index (χ2n) is 5.34. The van der Waals surface area contributed by atoms with Gasteiger partial charge in [-0.2, -0.15) is 0 Å². The molecule has 1 aromatic rings. The lowest BCUT2D eigenvalue weighted by Crippen LogP contribution is -2.40. The smallest absolute Gasteiger partial charge is 0.323 e. The monoisotopic (exact) mass is 291 g/mol. The molecule has 1 aliphatic rings. The fourth-order valence-corrected chi connectivity index (χ4v) is 2.18. The van der Waals surface area contributed by atoms with Crippen LogP contribution in [-0.2, 0) is 11.3 Å². The minimum absolute atomic E-state index is 0.267. The Labute approximate surface area is 124 Å². The number of carboxylic acid groups (broad SMARTS) is 1. The van der Waals surface area contributed by atoms with Crippen LogP contribution in [0.15, 0.2) is 24.3 Å². The van der Waals surface area contributed by atoms with Crippen LogP contribution in [0.3, 0.4) is 0 Å². The lowest BCUT2D eigenvalue weighted by molar-refractivity contribution is -0.137. The number of urea groups is 1. The number of hydrogen-bond donors (Lipinski definition) is 3. The molecule has 0 bridgehead atoms. The Hall–Kier alpha value is -2.08. The quantitative estimate of drug-likeness (QED) is 0.714. The van der Waals surface area contributed by atoms with Gasteiger partial charge < -0.3 is 20.6 Å². The van der Waals surface area contributed by atoms with E-state index in [1.807, 2.05) is 31.3 Å². The topological polar surface area (TPSA) is 81.7 Å². The number of carbonyl (C=O) groups excluding carboxylic acids is 1. The van der Waals surface area contributed by atoms with Gasteiger partial charge in [0.2, 0.25) is 0 Å². The van der Waals surface area contributed by atoms with E-state index in [0.717, 1.165) is 18.4 Å². The summed E-state index contributed by atoms with van der Waals surface area (Å²) in [6.07, 6.45) is 2.14. The van der Waals surface area contributed by atoms with Gasteiger partial charge >= 0.3 is 12.0 Å². The summed E-state index contributed by atoms with van der Waals surface area (Å²) in [6.45, 7) is 0.876. The molecular formula is C15H21N3O3. The average molecular weight is 291 g/mol.